The molecule has 3 amide bonds. The molecule has 0 atom stereocenters. The summed E-state index contributed by atoms with van der Waals surface area (Å²) in [6.07, 6.45) is 0. The average molecular weight is 341 g/mol. The lowest BCUT2D eigenvalue weighted by Gasteiger charge is -2.08. The van der Waals surface area contributed by atoms with Crippen LogP contribution in [0.4, 0.5) is 11.4 Å². The van der Waals surface area contributed by atoms with Crippen LogP contribution < -0.4 is 20.7 Å². The van der Waals surface area contributed by atoms with Crippen molar-refractivity contribution in [2.45, 2.75) is 13.5 Å². The van der Waals surface area contributed by atoms with E-state index >= 15 is 0 Å². The minimum absolute atomic E-state index is 0.186. The fraction of sp³-hybridized carbons (Fsp3) is 0.167. The van der Waals surface area contributed by atoms with Crippen LogP contribution >= 0.6 is 0 Å². The van der Waals surface area contributed by atoms with Gasteiger partial charge in [0, 0.05) is 24.8 Å². The van der Waals surface area contributed by atoms with Gasteiger partial charge in [-0.3, -0.25) is 14.4 Å². The minimum Gasteiger partial charge on any atom is -0.497 e. The van der Waals surface area contributed by atoms with Crippen molar-refractivity contribution in [3.05, 3.63) is 54.1 Å². The highest BCUT2D eigenvalue weighted by molar-refractivity contribution is 6.39. The van der Waals surface area contributed by atoms with Gasteiger partial charge in [-0.05, 0) is 42.0 Å². The zero-order valence-electron chi connectivity index (χ0n) is 14.0. The van der Waals surface area contributed by atoms with Crippen LogP contribution in [0.3, 0.4) is 0 Å². The van der Waals surface area contributed by atoms with Gasteiger partial charge in [0.2, 0.25) is 5.91 Å². The Morgan fingerprint density at radius 1 is 0.920 bits per heavy atom. The number of hydrogen-bond donors (Lipinski definition) is 3. The van der Waals surface area contributed by atoms with Crippen LogP contribution in [0.25, 0.3) is 0 Å². The summed E-state index contributed by atoms with van der Waals surface area (Å²) in [5.74, 6) is -1.02. The zero-order chi connectivity index (χ0) is 18.2. The van der Waals surface area contributed by atoms with E-state index in [0.717, 1.165) is 5.56 Å². The molecule has 25 heavy (non-hydrogen) atoms. The number of anilines is 2. The summed E-state index contributed by atoms with van der Waals surface area (Å²) in [4.78, 5) is 34.7. The predicted molar refractivity (Wildman–Crippen MR) is 94.2 cm³/mol. The molecule has 0 saturated carbocycles. The largest absolute Gasteiger partial charge is 0.497 e. The number of carbonyl (C=O) groups is 3. The van der Waals surface area contributed by atoms with E-state index in [1.807, 2.05) is 6.07 Å². The Morgan fingerprint density at radius 3 is 2.16 bits per heavy atom. The third kappa shape index (κ3) is 5.65. The lowest BCUT2D eigenvalue weighted by molar-refractivity contribution is -0.136. The third-order valence-corrected chi connectivity index (χ3v) is 3.26. The van der Waals surface area contributed by atoms with Gasteiger partial charge < -0.3 is 20.7 Å². The molecule has 0 aliphatic rings. The monoisotopic (exact) mass is 341 g/mol. The number of amides is 3. The molecule has 0 bridgehead atoms. The van der Waals surface area contributed by atoms with Crippen molar-refractivity contribution >= 4 is 29.1 Å². The average Bonchev–Trinajstić information content (AvgIpc) is 2.61. The van der Waals surface area contributed by atoms with Crippen molar-refractivity contribution in [1.82, 2.24) is 5.32 Å². The molecular weight excluding hydrogens is 322 g/mol. The van der Waals surface area contributed by atoms with Gasteiger partial charge in [0.05, 0.1) is 7.11 Å². The van der Waals surface area contributed by atoms with Gasteiger partial charge in [-0.1, -0.05) is 12.1 Å². The Kier molecular flexibility index (Phi) is 6.11. The molecule has 0 unspecified atom stereocenters. The van der Waals surface area contributed by atoms with Crippen LogP contribution in [-0.2, 0) is 20.9 Å². The van der Waals surface area contributed by atoms with Crippen molar-refractivity contribution in [2.75, 3.05) is 17.7 Å². The Hall–Kier alpha value is -3.35. The molecule has 0 aliphatic carbocycles. The summed E-state index contributed by atoms with van der Waals surface area (Å²) in [6.45, 7) is 1.62. The Bertz CT molecular complexity index is 772. The van der Waals surface area contributed by atoms with Gasteiger partial charge >= 0.3 is 11.8 Å². The Labute approximate surface area is 145 Å². The first-order chi connectivity index (χ1) is 12.0. The van der Waals surface area contributed by atoms with Crippen LogP contribution in [0.1, 0.15) is 12.5 Å². The molecule has 0 saturated heterocycles. The number of carbonyl (C=O) groups excluding carboxylic acids is 3. The molecule has 0 heterocycles. The van der Waals surface area contributed by atoms with E-state index in [2.05, 4.69) is 16.0 Å². The van der Waals surface area contributed by atoms with Crippen LogP contribution in [0, 0.1) is 0 Å². The molecular formula is C18H19N3O4. The van der Waals surface area contributed by atoms with E-state index in [0.29, 0.717) is 17.1 Å². The molecule has 2 aromatic carbocycles. The zero-order valence-corrected chi connectivity index (χ0v) is 14.0. The molecule has 130 valence electrons. The van der Waals surface area contributed by atoms with E-state index in [4.69, 9.17) is 4.74 Å². The van der Waals surface area contributed by atoms with Gasteiger partial charge in [0.15, 0.2) is 0 Å². The second-order valence-corrected chi connectivity index (χ2v) is 5.25. The highest BCUT2D eigenvalue weighted by Crippen LogP contribution is 2.14. The number of nitrogens with one attached hydrogen (secondary N) is 3. The standard InChI is InChI=1S/C18H19N3O4/c1-12(22)20-14-6-8-15(9-7-14)21-18(24)17(23)19-11-13-4-3-5-16(10-13)25-2/h3-10H,11H2,1-2H3,(H,19,23)(H,20,22)(H,21,24). The molecule has 7 heteroatoms. The molecule has 7 nitrogen and oxygen atoms in total. The Balaban J connectivity index is 1.87. The van der Waals surface area contributed by atoms with Crippen molar-refractivity contribution in [2.24, 2.45) is 0 Å². The van der Waals surface area contributed by atoms with E-state index in [-0.39, 0.29) is 12.5 Å². The topological polar surface area (TPSA) is 96.5 Å². The smallest absolute Gasteiger partial charge is 0.313 e. The molecule has 0 radical (unpaired) electrons. The number of methoxy groups -OCH3 is 1. The first kappa shape index (κ1) is 18.0. The summed E-state index contributed by atoms with van der Waals surface area (Å²) in [7, 11) is 1.56. The first-order valence-electron chi connectivity index (χ1n) is 7.57. The Morgan fingerprint density at radius 2 is 1.56 bits per heavy atom. The molecule has 0 aliphatic heterocycles. The summed E-state index contributed by atoms with van der Waals surface area (Å²) in [5.41, 5.74) is 1.88. The molecule has 0 aromatic heterocycles. The maximum absolute atomic E-state index is 11.9. The van der Waals surface area contributed by atoms with Crippen LogP contribution in [0.5, 0.6) is 5.75 Å². The first-order valence-corrected chi connectivity index (χ1v) is 7.57. The van der Waals surface area contributed by atoms with Crippen LogP contribution in [0.15, 0.2) is 48.5 Å². The van der Waals surface area contributed by atoms with Gasteiger partial charge in [-0.25, -0.2) is 0 Å². The number of benzene rings is 2. The van der Waals surface area contributed by atoms with E-state index < -0.39 is 11.8 Å². The SMILES string of the molecule is COc1cccc(CNC(=O)C(=O)Nc2ccc(NC(C)=O)cc2)c1. The lowest BCUT2D eigenvalue weighted by Crippen LogP contribution is -2.34. The van der Waals surface area contributed by atoms with Crippen LogP contribution in [-0.4, -0.2) is 24.8 Å². The van der Waals surface area contributed by atoms with Crippen molar-refractivity contribution in [1.29, 1.82) is 0 Å². The van der Waals surface area contributed by atoms with Gasteiger partial charge in [0.25, 0.3) is 0 Å². The fourth-order valence-electron chi connectivity index (χ4n) is 2.07. The van der Waals surface area contributed by atoms with Gasteiger partial charge in [0.1, 0.15) is 5.75 Å². The molecule has 0 spiro atoms. The molecule has 2 rings (SSSR count). The van der Waals surface area contributed by atoms with Crippen molar-refractivity contribution < 1.29 is 19.1 Å². The molecule has 0 fully saturated rings. The second-order valence-electron chi connectivity index (χ2n) is 5.25. The maximum Gasteiger partial charge on any atom is 0.313 e. The highest BCUT2D eigenvalue weighted by Gasteiger charge is 2.13. The van der Waals surface area contributed by atoms with Gasteiger partial charge in [-0.15, -0.1) is 0 Å². The highest BCUT2D eigenvalue weighted by atomic mass is 16.5. The number of rotatable bonds is 5. The number of hydrogen-bond acceptors (Lipinski definition) is 4. The quantitative estimate of drug-likeness (QED) is 0.724. The lowest BCUT2D eigenvalue weighted by atomic mass is 10.2. The molecule has 3 N–H and O–H groups in total. The normalized spacial score (nSPS) is 9.84. The van der Waals surface area contributed by atoms with Crippen molar-refractivity contribution in [3.63, 3.8) is 0 Å². The number of ether oxygens (including phenoxy) is 1. The summed E-state index contributed by atoms with van der Waals surface area (Å²) < 4.78 is 5.10. The summed E-state index contributed by atoms with van der Waals surface area (Å²) in [5, 5.41) is 7.65. The second kappa shape index (κ2) is 8.49. The fourth-order valence-corrected chi connectivity index (χ4v) is 2.07. The summed E-state index contributed by atoms with van der Waals surface area (Å²) in [6, 6.07) is 13.6. The maximum atomic E-state index is 11.9. The van der Waals surface area contributed by atoms with Crippen LogP contribution in [0.2, 0.25) is 0 Å². The third-order valence-electron chi connectivity index (χ3n) is 3.26. The predicted octanol–water partition coefficient (Wildman–Crippen LogP) is 1.91. The van der Waals surface area contributed by atoms with Crippen molar-refractivity contribution in [3.8, 4) is 5.75 Å². The minimum atomic E-state index is -0.768. The van der Waals surface area contributed by atoms with E-state index in [1.165, 1.54) is 6.92 Å². The van der Waals surface area contributed by atoms with E-state index in [1.54, 1.807) is 49.6 Å². The van der Waals surface area contributed by atoms with E-state index in [9.17, 15) is 14.4 Å². The molecule has 2 aromatic rings. The summed E-state index contributed by atoms with van der Waals surface area (Å²) >= 11 is 0. The van der Waals surface area contributed by atoms with Gasteiger partial charge in [-0.2, -0.15) is 0 Å².